The summed E-state index contributed by atoms with van der Waals surface area (Å²) in [7, 11) is 1.68. The van der Waals surface area contributed by atoms with Gasteiger partial charge in [0.15, 0.2) is 0 Å². The van der Waals surface area contributed by atoms with Crippen LogP contribution in [0.3, 0.4) is 0 Å². The summed E-state index contributed by atoms with van der Waals surface area (Å²) in [5.74, 6) is 0.938. The van der Waals surface area contributed by atoms with Crippen LogP contribution in [0.2, 0.25) is 0 Å². The number of carbonyl (C=O) groups excluding carboxylic acids is 1. The first-order valence-electron chi connectivity index (χ1n) is 9.15. The van der Waals surface area contributed by atoms with E-state index in [0.29, 0.717) is 13.0 Å². The third kappa shape index (κ3) is 5.08. The van der Waals surface area contributed by atoms with Crippen molar-refractivity contribution in [1.29, 1.82) is 0 Å². The Balaban J connectivity index is 1.63. The van der Waals surface area contributed by atoms with Gasteiger partial charge in [-0.1, -0.05) is 28.1 Å². The number of benzene rings is 2. The number of nitrogens with one attached hydrogen (secondary N) is 2. The number of hydrogen-bond acceptors (Lipinski definition) is 2. The lowest BCUT2D eigenvalue weighted by atomic mass is 10.0. The minimum atomic E-state index is 0.0735. The van der Waals surface area contributed by atoms with E-state index in [2.05, 4.69) is 33.4 Å². The number of likely N-dealkylation sites (tertiary alicyclic amines) is 1. The molecule has 2 aromatic rings. The van der Waals surface area contributed by atoms with Crippen LogP contribution in [0.1, 0.15) is 30.0 Å². The van der Waals surface area contributed by atoms with Crippen LogP contribution >= 0.6 is 15.9 Å². The number of ether oxygens (including phenoxy) is 1. The summed E-state index contributed by atoms with van der Waals surface area (Å²) in [6.07, 6.45) is 2.93. The van der Waals surface area contributed by atoms with Gasteiger partial charge in [-0.15, -0.1) is 0 Å². The molecule has 3 rings (SSSR count). The van der Waals surface area contributed by atoms with Crippen molar-refractivity contribution < 1.29 is 14.4 Å². The van der Waals surface area contributed by atoms with Crippen molar-refractivity contribution in [2.24, 2.45) is 0 Å². The molecule has 2 aromatic carbocycles. The van der Waals surface area contributed by atoms with Crippen molar-refractivity contribution in [1.82, 2.24) is 5.32 Å². The Kier molecular flexibility index (Phi) is 6.69. The van der Waals surface area contributed by atoms with Gasteiger partial charge in [-0.25, -0.2) is 0 Å². The van der Waals surface area contributed by atoms with Gasteiger partial charge in [0, 0.05) is 22.9 Å². The summed E-state index contributed by atoms with van der Waals surface area (Å²) in [4.78, 5) is 14.0. The van der Waals surface area contributed by atoms with E-state index in [0.717, 1.165) is 15.8 Å². The molecule has 1 amide bonds. The van der Waals surface area contributed by atoms with E-state index in [1.54, 1.807) is 12.0 Å². The second-order valence-corrected chi connectivity index (χ2v) is 7.71. The molecule has 0 saturated carbocycles. The molecule has 0 bridgehead atoms. The van der Waals surface area contributed by atoms with Gasteiger partial charge < -0.3 is 15.0 Å². The van der Waals surface area contributed by atoms with Crippen molar-refractivity contribution in [3.8, 4) is 5.75 Å². The first-order chi connectivity index (χ1) is 12.7. The lowest BCUT2D eigenvalue weighted by molar-refractivity contribution is -0.918. The van der Waals surface area contributed by atoms with E-state index in [-0.39, 0.29) is 11.9 Å². The van der Waals surface area contributed by atoms with E-state index >= 15 is 0 Å². The van der Waals surface area contributed by atoms with E-state index < -0.39 is 0 Å². The zero-order chi connectivity index (χ0) is 18.4. The molecule has 5 heteroatoms. The first kappa shape index (κ1) is 18.9. The fraction of sp³-hybridized carbons (Fsp3) is 0.381. The molecule has 1 saturated heterocycles. The van der Waals surface area contributed by atoms with Crippen LogP contribution in [0.5, 0.6) is 5.75 Å². The number of hydrogen-bond donors (Lipinski definition) is 2. The minimum absolute atomic E-state index is 0.0735. The number of rotatable bonds is 7. The predicted octanol–water partition coefficient (Wildman–Crippen LogP) is 2.54. The number of amides is 1. The summed E-state index contributed by atoms with van der Waals surface area (Å²) >= 11 is 3.42. The number of methoxy groups -OCH3 is 1. The van der Waals surface area contributed by atoms with Gasteiger partial charge in [0.1, 0.15) is 11.8 Å². The molecule has 1 atom stereocenters. The van der Waals surface area contributed by atoms with Crippen LogP contribution in [-0.2, 0) is 11.2 Å². The monoisotopic (exact) mass is 417 g/mol. The summed E-state index contributed by atoms with van der Waals surface area (Å²) in [5.41, 5.74) is 2.28. The van der Waals surface area contributed by atoms with E-state index in [9.17, 15) is 4.79 Å². The Morgan fingerprint density at radius 3 is 2.38 bits per heavy atom. The Bertz CT molecular complexity index is 710. The summed E-state index contributed by atoms with van der Waals surface area (Å²) < 4.78 is 6.29. The topological polar surface area (TPSA) is 42.8 Å². The van der Waals surface area contributed by atoms with Crippen molar-refractivity contribution in [3.05, 3.63) is 64.1 Å². The quantitative estimate of drug-likeness (QED) is 0.726. The summed E-state index contributed by atoms with van der Waals surface area (Å²) in [6, 6.07) is 16.4. The maximum Gasteiger partial charge on any atom is 0.224 e. The van der Waals surface area contributed by atoms with Crippen molar-refractivity contribution in [2.75, 3.05) is 26.7 Å². The highest BCUT2D eigenvalue weighted by Gasteiger charge is 2.27. The van der Waals surface area contributed by atoms with Gasteiger partial charge in [0.2, 0.25) is 5.91 Å². The van der Waals surface area contributed by atoms with E-state index in [1.165, 1.54) is 31.5 Å². The molecule has 0 unspecified atom stereocenters. The van der Waals surface area contributed by atoms with E-state index in [4.69, 9.17) is 4.74 Å². The Hall–Kier alpha value is -1.85. The maximum absolute atomic E-state index is 12.4. The third-order valence-electron chi connectivity index (χ3n) is 5.04. The molecule has 1 aliphatic heterocycles. The van der Waals surface area contributed by atoms with Crippen LogP contribution in [0.25, 0.3) is 0 Å². The lowest BCUT2D eigenvalue weighted by Gasteiger charge is -2.25. The van der Waals surface area contributed by atoms with Crippen molar-refractivity contribution >= 4 is 21.8 Å². The van der Waals surface area contributed by atoms with Crippen LogP contribution in [-0.4, -0.2) is 32.7 Å². The fourth-order valence-corrected chi connectivity index (χ4v) is 3.84. The smallest absolute Gasteiger partial charge is 0.224 e. The average molecular weight is 418 g/mol. The molecule has 0 aromatic heterocycles. The molecule has 1 aliphatic rings. The Labute approximate surface area is 163 Å². The van der Waals surface area contributed by atoms with Crippen LogP contribution in [0.4, 0.5) is 0 Å². The van der Waals surface area contributed by atoms with Crippen LogP contribution in [0.15, 0.2) is 53.0 Å². The molecular formula is C21H26BrN2O2+. The number of halogens is 1. The standard InChI is InChI=1S/C21H25BrN2O2/c1-26-19-10-6-17(7-11-19)20(24-12-2-3-13-24)15-23-21(25)14-16-4-8-18(22)9-5-16/h4-11,20H,2-3,12-15H2,1H3,(H,23,25)/p+1/t20-/m0/s1. The molecule has 1 heterocycles. The number of carbonyl (C=O) groups is 1. The third-order valence-corrected chi connectivity index (χ3v) is 5.57. The van der Waals surface area contributed by atoms with Gasteiger partial charge in [-0.2, -0.15) is 0 Å². The molecular weight excluding hydrogens is 392 g/mol. The molecule has 0 spiro atoms. The van der Waals surface area contributed by atoms with Gasteiger partial charge in [-0.3, -0.25) is 4.79 Å². The SMILES string of the molecule is COc1ccc([C@H](CNC(=O)Cc2ccc(Br)cc2)[NH+]2CCCC2)cc1. The normalized spacial score (nSPS) is 15.6. The lowest BCUT2D eigenvalue weighted by Crippen LogP contribution is -3.11. The van der Waals surface area contributed by atoms with E-state index in [1.807, 2.05) is 36.4 Å². The predicted molar refractivity (Wildman–Crippen MR) is 107 cm³/mol. The highest BCUT2D eigenvalue weighted by atomic mass is 79.9. The Morgan fingerprint density at radius 1 is 1.12 bits per heavy atom. The molecule has 1 fully saturated rings. The highest BCUT2D eigenvalue weighted by molar-refractivity contribution is 9.10. The number of quaternary nitrogens is 1. The minimum Gasteiger partial charge on any atom is -0.497 e. The summed E-state index contributed by atoms with van der Waals surface area (Å²) in [5, 5.41) is 3.15. The largest absolute Gasteiger partial charge is 0.497 e. The van der Waals surface area contributed by atoms with Gasteiger partial charge >= 0.3 is 0 Å². The fourth-order valence-electron chi connectivity index (χ4n) is 3.58. The molecule has 138 valence electrons. The van der Waals surface area contributed by atoms with Gasteiger partial charge in [0.05, 0.1) is 33.2 Å². The Morgan fingerprint density at radius 2 is 1.77 bits per heavy atom. The van der Waals surface area contributed by atoms with Crippen LogP contribution < -0.4 is 15.0 Å². The zero-order valence-corrected chi connectivity index (χ0v) is 16.7. The van der Waals surface area contributed by atoms with Crippen molar-refractivity contribution in [2.45, 2.75) is 25.3 Å². The summed E-state index contributed by atoms with van der Waals surface area (Å²) in [6.45, 7) is 3.00. The molecule has 0 aliphatic carbocycles. The average Bonchev–Trinajstić information content (AvgIpc) is 3.19. The van der Waals surface area contributed by atoms with Crippen LogP contribution in [0, 0.1) is 0 Å². The highest BCUT2D eigenvalue weighted by Crippen LogP contribution is 2.17. The maximum atomic E-state index is 12.4. The van der Waals surface area contributed by atoms with Gasteiger partial charge in [0.25, 0.3) is 0 Å². The van der Waals surface area contributed by atoms with Gasteiger partial charge in [-0.05, 0) is 42.0 Å². The molecule has 4 nitrogen and oxygen atoms in total. The molecule has 26 heavy (non-hydrogen) atoms. The molecule has 2 N–H and O–H groups in total. The second kappa shape index (κ2) is 9.19. The zero-order valence-electron chi connectivity index (χ0n) is 15.1. The first-order valence-corrected chi connectivity index (χ1v) is 9.94. The van der Waals surface area contributed by atoms with Crippen molar-refractivity contribution in [3.63, 3.8) is 0 Å². The molecule has 0 radical (unpaired) electrons. The second-order valence-electron chi connectivity index (χ2n) is 6.80.